The van der Waals surface area contributed by atoms with Crippen LogP contribution >= 0.6 is 0 Å². The van der Waals surface area contributed by atoms with E-state index in [2.05, 4.69) is 15.6 Å². The van der Waals surface area contributed by atoms with E-state index >= 15 is 0 Å². The zero-order valence-corrected chi connectivity index (χ0v) is 14.0. The molecule has 0 spiro atoms. The minimum Gasteiger partial charge on any atom is -0.494 e. The first-order valence-electron chi connectivity index (χ1n) is 8.51. The quantitative estimate of drug-likeness (QED) is 0.325. The van der Waals surface area contributed by atoms with Gasteiger partial charge in [-0.3, -0.25) is 10.1 Å². The molecule has 2 aromatic carbocycles. The number of ether oxygens (including phenoxy) is 1. The molecule has 0 atom stereocenters. The summed E-state index contributed by atoms with van der Waals surface area (Å²) in [7, 11) is 0. The maximum atomic E-state index is 10.6. The lowest BCUT2D eigenvalue weighted by Gasteiger charge is -2.06. The van der Waals surface area contributed by atoms with Gasteiger partial charge < -0.3 is 9.30 Å². The van der Waals surface area contributed by atoms with Gasteiger partial charge in [-0.25, -0.2) is 4.98 Å². The van der Waals surface area contributed by atoms with Gasteiger partial charge in [0.25, 0.3) is 5.69 Å². The zero-order valence-electron chi connectivity index (χ0n) is 14.0. The molecule has 0 saturated heterocycles. The highest BCUT2D eigenvalue weighted by Crippen LogP contribution is 2.18. The second kappa shape index (κ2) is 8.28. The standard InChI is InChI=1S/C19H21N3O3/c23-22(24)16-9-11-17(12-10-16)25-14-6-2-1-5-13-21-15-20-18-7-3-4-8-19(18)21/h3-4,7-12,15H,1-2,5-6,13-14H2. The Kier molecular flexibility index (Phi) is 5.61. The Morgan fingerprint density at radius 1 is 1.00 bits per heavy atom. The van der Waals surface area contributed by atoms with Crippen LogP contribution in [0.5, 0.6) is 5.75 Å². The molecule has 0 saturated carbocycles. The Morgan fingerprint density at radius 3 is 2.56 bits per heavy atom. The van der Waals surface area contributed by atoms with E-state index in [1.54, 1.807) is 12.1 Å². The van der Waals surface area contributed by atoms with E-state index in [1.165, 1.54) is 17.6 Å². The Labute approximate surface area is 146 Å². The van der Waals surface area contributed by atoms with E-state index in [0.717, 1.165) is 37.7 Å². The van der Waals surface area contributed by atoms with Crippen LogP contribution in [-0.2, 0) is 6.54 Å². The molecular formula is C19H21N3O3. The van der Waals surface area contributed by atoms with E-state index in [-0.39, 0.29) is 5.69 Å². The third kappa shape index (κ3) is 4.56. The van der Waals surface area contributed by atoms with E-state index in [0.29, 0.717) is 12.4 Å². The molecule has 0 amide bonds. The number of hydrogen-bond acceptors (Lipinski definition) is 4. The number of nitro benzene ring substituents is 1. The largest absolute Gasteiger partial charge is 0.494 e. The number of nitrogens with zero attached hydrogens (tertiary/aromatic N) is 3. The molecule has 1 heterocycles. The lowest BCUT2D eigenvalue weighted by atomic mass is 10.2. The molecule has 6 heteroatoms. The van der Waals surface area contributed by atoms with Gasteiger partial charge in [-0.1, -0.05) is 25.0 Å². The summed E-state index contributed by atoms with van der Waals surface area (Å²) in [6, 6.07) is 14.4. The van der Waals surface area contributed by atoms with Gasteiger partial charge in [0.15, 0.2) is 0 Å². The molecule has 0 fully saturated rings. The maximum absolute atomic E-state index is 10.6. The lowest BCUT2D eigenvalue weighted by molar-refractivity contribution is -0.384. The molecule has 1 aromatic heterocycles. The van der Waals surface area contributed by atoms with Crippen molar-refractivity contribution in [2.24, 2.45) is 0 Å². The second-order valence-corrected chi connectivity index (χ2v) is 5.94. The summed E-state index contributed by atoms with van der Waals surface area (Å²) in [5.41, 5.74) is 2.31. The van der Waals surface area contributed by atoms with Crippen molar-refractivity contribution in [3.8, 4) is 5.75 Å². The number of aryl methyl sites for hydroxylation is 1. The molecule has 25 heavy (non-hydrogen) atoms. The van der Waals surface area contributed by atoms with Crippen molar-refractivity contribution in [1.82, 2.24) is 9.55 Å². The van der Waals surface area contributed by atoms with Crippen LogP contribution in [0.4, 0.5) is 5.69 Å². The monoisotopic (exact) mass is 339 g/mol. The zero-order chi connectivity index (χ0) is 17.5. The SMILES string of the molecule is O=[N+]([O-])c1ccc(OCCCCCCn2cnc3ccccc32)cc1. The number of imidazole rings is 1. The number of para-hydroxylation sites is 2. The number of non-ortho nitro benzene ring substituents is 1. The van der Waals surface area contributed by atoms with Crippen LogP contribution in [0.2, 0.25) is 0 Å². The molecule has 0 aliphatic rings. The summed E-state index contributed by atoms with van der Waals surface area (Å²) >= 11 is 0. The summed E-state index contributed by atoms with van der Waals surface area (Å²) in [4.78, 5) is 14.6. The number of unbranched alkanes of at least 4 members (excludes halogenated alkanes) is 3. The van der Waals surface area contributed by atoms with Crippen molar-refractivity contribution in [2.75, 3.05) is 6.61 Å². The lowest BCUT2D eigenvalue weighted by Crippen LogP contribution is -1.99. The molecule has 6 nitrogen and oxygen atoms in total. The van der Waals surface area contributed by atoms with Crippen molar-refractivity contribution < 1.29 is 9.66 Å². The van der Waals surface area contributed by atoms with Gasteiger partial charge in [-0.2, -0.15) is 0 Å². The molecule has 130 valence electrons. The summed E-state index contributed by atoms with van der Waals surface area (Å²) in [5, 5.41) is 10.6. The minimum atomic E-state index is -0.409. The van der Waals surface area contributed by atoms with E-state index in [1.807, 2.05) is 24.5 Å². The Bertz CT molecular complexity index is 827. The predicted octanol–water partition coefficient (Wildman–Crippen LogP) is 4.58. The van der Waals surface area contributed by atoms with Crippen LogP contribution in [0.25, 0.3) is 11.0 Å². The van der Waals surface area contributed by atoms with Gasteiger partial charge in [-0.15, -0.1) is 0 Å². The fourth-order valence-corrected chi connectivity index (χ4v) is 2.78. The maximum Gasteiger partial charge on any atom is 0.269 e. The number of rotatable bonds is 9. The molecule has 3 rings (SSSR count). The summed E-state index contributed by atoms with van der Waals surface area (Å²) in [6.07, 6.45) is 6.22. The molecule has 0 radical (unpaired) electrons. The van der Waals surface area contributed by atoms with Crippen LogP contribution in [0.15, 0.2) is 54.9 Å². The summed E-state index contributed by atoms with van der Waals surface area (Å²) < 4.78 is 7.81. The van der Waals surface area contributed by atoms with Gasteiger partial charge in [0.1, 0.15) is 5.75 Å². The van der Waals surface area contributed by atoms with Crippen LogP contribution in [0.1, 0.15) is 25.7 Å². The Hall–Kier alpha value is -2.89. The van der Waals surface area contributed by atoms with Gasteiger partial charge in [0, 0.05) is 18.7 Å². The Morgan fingerprint density at radius 2 is 1.76 bits per heavy atom. The second-order valence-electron chi connectivity index (χ2n) is 5.94. The highest BCUT2D eigenvalue weighted by Gasteiger charge is 2.04. The van der Waals surface area contributed by atoms with E-state index in [4.69, 9.17) is 4.74 Å². The minimum absolute atomic E-state index is 0.0828. The number of nitro groups is 1. The van der Waals surface area contributed by atoms with Gasteiger partial charge in [0.05, 0.1) is 28.9 Å². The fraction of sp³-hybridized carbons (Fsp3) is 0.316. The summed E-state index contributed by atoms with van der Waals surface area (Å²) in [6.45, 7) is 1.61. The van der Waals surface area contributed by atoms with E-state index < -0.39 is 4.92 Å². The Balaban J connectivity index is 1.32. The normalized spacial score (nSPS) is 10.9. The molecule has 0 aliphatic carbocycles. The average Bonchev–Trinajstić information content (AvgIpc) is 3.04. The van der Waals surface area contributed by atoms with Crippen molar-refractivity contribution in [3.05, 3.63) is 65.0 Å². The third-order valence-corrected chi connectivity index (χ3v) is 4.14. The van der Waals surface area contributed by atoms with Crippen LogP contribution in [0.3, 0.4) is 0 Å². The number of fused-ring (bicyclic) bond motifs is 1. The number of aromatic nitrogens is 2. The fourth-order valence-electron chi connectivity index (χ4n) is 2.78. The van der Waals surface area contributed by atoms with Crippen molar-refractivity contribution >= 4 is 16.7 Å². The first-order valence-corrected chi connectivity index (χ1v) is 8.51. The van der Waals surface area contributed by atoms with Crippen molar-refractivity contribution in [2.45, 2.75) is 32.2 Å². The molecule has 0 N–H and O–H groups in total. The van der Waals surface area contributed by atoms with Gasteiger partial charge >= 0.3 is 0 Å². The third-order valence-electron chi connectivity index (χ3n) is 4.14. The molecule has 3 aromatic rings. The average molecular weight is 339 g/mol. The first kappa shape index (κ1) is 17.0. The van der Waals surface area contributed by atoms with E-state index in [9.17, 15) is 10.1 Å². The topological polar surface area (TPSA) is 70.2 Å². The molecule has 0 bridgehead atoms. The molecule has 0 unspecified atom stereocenters. The van der Waals surface area contributed by atoms with Crippen LogP contribution in [-0.4, -0.2) is 21.1 Å². The van der Waals surface area contributed by atoms with Crippen LogP contribution < -0.4 is 4.74 Å². The highest BCUT2D eigenvalue weighted by atomic mass is 16.6. The predicted molar refractivity (Wildman–Crippen MR) is 96.8 cm³/mol. The number of hydrogen-bond donors (Lipinski definition) is 0. The van der Waals surface area contributed by atoms with Gasteiger partial charge in [-0.05, 0) is 37.1 Å². The first-order chi connectivity index (χ1) is 12.2. The summed E-state index contributed by atoms with van der Waals surface area (Å²) in [5.74, 6) is 0.676. The van der Waals surface area contributed by atoms with Crippen molar-refractivity contribution in [1.29, 1.82) is 0 Å². The molecular weight excluding hydrogens is 318 g/mol. The molecule has 0 aliphatic heterocycles. The number of benzene rings is 2. The smallest absolute Gasteiger partial charge is 0.269 e. The van der Waals surface area contributed by atoms with Gasteiger partial charge in [0.2, 0.25) is 0 Å². The van der Waals surface area contributed by atoms with Crippen molar-refractivity contribution in [3.63, 3.8) is 0 Å². The highest BCUT2D eigenvalue weighted by molar-refractivity contribution is 5.74. The van der Waals surface area contributed by atoms with Crippen LogP contribution in [0, 0.1) is 10.1 Å².